The highest BCUT2D eigenvalue weighted by Gasteiger charge is 1.57. The van der Waals surface area contributed by atoms with E-state index in [0.29, 0.717) is 0 Å². The summed E-state index contributed by atoms with van der Waals surface area (Å²) in [6, 6.07) is 0. The Kier molecular flexibility index (Phi) is 1.31. The molecule has 2 nitrogen and oxygen atoms in total. The van der Waals surface area contributed by atoms with Crippen molar-refractivity contribution in [3.05, 3.63) is 5.21 Å². The molecular weight excluding hydrogens is 52.8 g/mol. The molecule has 0 fully saturated rings. The predicted molar refractivity (Wildman–Crippen MR) is 16.0 cm³/mol. The van der Waals surface area contributed by atoms with Crippen molar-refractivity contribution in [2.45, 2.75) is 0 Å². The maximum atomic E-state index is 9.22. The van der Waals surface area contributed by atoms with E-state index in [1.54, 1.807) is 0 Å². The van der Waals surface area contributed by atoms with Gasteiger partial charge < -0.3 is 10.2 Å². The van der Waals surface area contributed by atoms with Gasteiger partial charge in [-0.2, -0.15) is 0 Å². The average Bonchev–Trinajstić information content (AvgIpc) is 0.811. The van der Waals surface area contributed by atoms with Gasteiger partial charge in [0.25, 0.3) is 0 Å². The molecule has 2 radical (unpaired) electrons. The second-order valence-electron chi connectivity index (χ2n) is 0.611. The summed E-state index contributed by atoms with van der Waals surface area (Å²) in [6.07, 6.45) is 0. The van der Waals surface area contributed by atoms with Crippen LogP contribution in [0.1, 0.15) is 0 Å². The summed E-state index contributed by atoms with van der Waals surface area (Å²) >= 11 is 0. The molecule has 1 N–H and O–H groups in total. The maximum Gasteiger partial charge on any atom is 0.479 e. The van der Waals surface area contributed by atoms with Gasteiger partial charge in [-0.15, -0.1) is 0 Å². The topological polar surface area (TPSA) is 27.5 Å². The summed E-state index contributed by atoms with van der Waals surface area (Å²) in [4.78, 5) is -0.333. The molecule has 0 amide bonds. The summed E-state index contributed by atoms with van der Waals surface area (Å²) in [5, 5.41) is 9.22. The van der Waals surface area contributed by atoms with Crippen LogP contribution in [0.4, 0.5) is 0 Å². The van der Waals surface area contributed by atoms with Gasteiger partial charge in [0.1, 0.15) is 0 Å². The summed E-state index contributed by atoms with van der Waals surface area (Å²) < 4.78 is 0. The highest BCUT2D eigenvalue weighted by atomic mass is 16.5. The molecule has 3 heteroatoms. The molecule has 1 atom stereocenters. The molecule has 0 rings (SSSR count). The Morgan fingerprint density at radius 2 is 2.00 bits per heavy atom. The van der Waals surface area contributed by atoms with Crippen LogP contribution in [-0.2, 0) is 0 Å². The molecule has 0 saturated carbocycles. The third-order valence-electron chi connectivity index (χ3n) is 0. The molecule has 0 bridgehead atoms. The molecule has 0 spiro atoms. The van der Waals surface area contributed by atoms with Gasteiger partial charge in [-0.25, -0.2) is 0 Å². The Hall–Kier alpha value is -0.0151. The average molecular weight is 56.9 g/mol. The van der Waals surface area contributed by atoms with Gasteiger partial charge in [-0.1, -0.05) is 0 Å². The van der Waals surface area contributed by atoms with Gasteiger partial charge in [-0.05, 0) is 0 Å². The standard InChI is InChI=1S/CH4BNO/c1-3(2)4/h3H,1H3. The van der Waals surface area contributed by atoms with Crippen LogP contribution in [0.15, 0.2) is 0 Å². The first-order chi connectivity index (χ1) is 1.73. The van der Waals surface area contributed by atoms with E-state index in [0.717, 1.165) is 0 Å². The van der Waals surface area contributed by atoms with Gasteiger partial charge >= 0.3 is 7.98 Å². The first-order valence-corrected chi connectivity index (χ1v) is 0.993. The van der Waals surface area contributed by atoms with E-state index in [-0.39, 0.29) is 4.97 Å². The minimum atomic E-state index is -0.333. The fraction of sp³-hybridized carbons (Fsp3) is 1.00. The van der Waals surface area contributed by atoms with E-state index in [9.17, 15) is 5.21 Å². The molecule has 4 heavy (non-hydrogen) atoms. The zero-order chi connectivity index (χ0) is 3.58. The fourth-order valence-electron chi connectivity index (χ4n) is 0. The van der Waals surface area contributed by atoms with Crippen LogP contribution in [0, 0.1) is 5.21 Å². The third kappa shape index (κ3) is 8480. The zero-order valence-corrected chi connectivity index (χ0v) is 2.49. The first kappa shape index (κ1) is 3.98. The molecule has 0 aliphatic heterocycles. The van der Waals surface area contributed by atoms with Gasteiger partial charge in [0, 0.05) is 7.05 Å². The number of quaternary nitrogens is 1. The fourth-order valence-corrected chi connectivity index (χ4v) is 0. The Morgan fingerprint density at radius 3 is 2.00 bits per heavy atom. The van der Waals surface area contributed by atoms with Crippen molar-refractivity contribution >= 4 is 7.98 Å². The first-order valence-electron chi connectivity index (χ1n) is 0.993. The number of hydrogen-bond donors (Lipinski definition) is 1. The van der Waals surface area contributed by atoms with Gasteiger partial charge in [0.15, 0.2) is 0 Å². The molecule has 22 valence electrons. The monoisotopic (exact) mass is 57.0 g/mol. The molecule has 1 unspecified atom stereocenters. The molecular formula is CH4BNO. The van der Waals surface area contributed by atoms with Crippen LogP contribution in [0.5, 0.6) is 0 Å². The van der Waals surface area contributed by atoms with Gasteiger partial charge in [0.2, 0.25) is 0 Å². The van der Waals surface area contributed by atoms with Crippen molar-refractivity contribution in [1.29, 1.82) is 0 Å². The van der Waals surface area contributed by atoms with Crippen molar-refractivity contribution in [2.24, 2.45) is 0 Å². The van der Waals surface area contributed by atoms with Crippen molar-refractivity contribution in [2.75, 3.05) is 7.05 Å². The lowest BCUT2D eigenvalue weighted by Gasteiger charge is -2.04. The second-order valence-corrected chi connectivity index (χ2v) is 0.611. The Balaban J connectivity index is 2.32. The lowest BCUT2D eigenvalue weighted by molar-refractivity contribution is -0.692. The lowest BCUT2D eigenvalue weighted by atomic mass is 10.4. The smallest absolute Gasteiger partial charge is 0.479 e. The number of nitrogens with one attached hydrogen (secondary N) is 1. The number of hydroxylamine groups is 1. The zero-order valence-electron chi connectivity index (χ0n) is 2.49. The predicted octanol–water partition coefficient (Wildman–Crippen LogP) is -1.92. The van der Waals surface area contributed by atoms with E-state index in [1.807, 2.05) is 0 Å². The maximum absolute atomic E-state index is 9.22. The minimum absolute atomic E-state index is 0.333. The van der Waals surface area contributed by atoms with Crippen LogP contribution in [0.3, 0.4) is 0 Å². The largest absolute Gasteiger partial charge is 0.659 e. The van der Waals surface area contributed by atoms with E-state index in [2.05, 4.69) is 7.98 Å². The molecule has 0 aromatic carbocycles. The highest BCUT2D eigenvalue weighted by molar-refractivity contribution is 5.94. The Bertz CT molecular complexity index is 12.8. The molecule has 0 aliphatic carbocycles. The SMILES string of the molecule is [B][NH+](C)[O-]. The van der Waals surface area contributed by atoms with E-state index >= 15 is 0 Å². The van der Waals surface area contributed by atoms with Gasteiger partial charge in [0.05, 0.1) is 0 Å². The normalized spacial score (nSPS) is 15.5. The molecule has 0 aromatic rings. The second kappa shape index (κ2) is 1.32. The summed E-state index contributed by atoms with van der Waals surface area (Å²) in [5.41, 5.74) is 0. The number of rotatable bonds is 0. The van der Waals surface area contributed by atoms with Crippen molar-refractivity contribution in [3.63, 3.8) is 0 Å². The molecule has 0 saturated heterocycles. The van der Waals surface area contributed by atoms with E-state index < -0.39 is 0 Å². The Morgan fingerprint density at radius 1 is 2.00 bits per heavy atom. The Labute approximate surface area is 26.4 Å². The van der Waals surface area contributed by atoms with Crippen LogP contribution < -0.4 is 4.97 Å². The lowest BCUT2D eigenvalue weighted by Crippen LogP contribution is -3.01. The quantitative estimate of drug-likeness (QED) is 0.255. The van der Waals surface area contributed by atoms with Gasteiger partial charge in [-0.3, -0.25) is 0 Å². The summed E-state index contributed by atoms with van der Waals surface area (Å²) in [5.74, 6) is 0. The van der Waals surface area contributed by atoms with Crippen LogP contribution in [-0.4, -0.2) is 15.0 Å². The summed E-state index contributed by atoms with van der Waals surface area (Å²) in [7, 11) is 5.78. The minimum Gasteiger partial charge on any atom is -0.659 e. The van der Waals surface area contributed by atoms with Crippen molar-refractivity contribution in [1.82, 2.24) is 0 Å². The van der Waals surface area contributed by atoms with Crippen LogP contribution >= 0.6 is 0 Å². The molecule has 0 aliphatic rings. The van der Waals surface area contributed by atoms with Crippen LogP contribution in [0.25, 0.3) is 0 Å². The molecule has 0 heterocycles. The van der Waals surface area contributed by atoms with Crippen molar-refractivity contribution < 1.29 is 4.97 Å². The highest BCUT2D eigenvalue weighted by Crippen LogP contribution is 0.899. The summed E-state index contributed by atoms with van der Waals surface area (Å²) in [6.45, 7) is 0. The third-order valence-corrected chi connectivity index (χ3v) is 0. The van der Waals surface area contributed by atoms with Crippen molar-refractivity contribution in [3.8, 4) is 0 Å². The van der Waals surface area contributed by atoms with Crippen LogP contribution in [0.2, 0.25) is 0 Å². The van der Waals surface area contributed by atoms with E-state index in [1.165, 1.54) is 7.05 Å². The number of hydrogen-bond acceptors (Lipinski definition) is 1. The molecule has 0 aromatic heterocycles. The van der Waals surface area contributed by atoms with E-state index in [4.69, 9.17) is 0 Å².